The maximum atomic E-state index is 5.21. The lowest BCUT2D eigenvalue weighted by Crippen LogP contribution is -2.11. The molecule has 52 valence electrons. The zero-order chi connectivity index (χ0) is 7.11. The van der Waals surface area contributed by atoms with Crippen molar-refractivity contribution < 1.29 is 0 Å². The Kier molecular flexibility index (Phi) is 4.40. The molecule has 9 heavy (non-hydrogen) atoms. The quantitative estimate of drug-likeness (QED) is 0.463. The fourth-order valence-electron chi connectivity index (χ4n) is 0.481. The standard InChI is InChI=1S/C6H13N3/c1-2-9-6(5-8)3-4-7/h3-5,9H,2,7-8H2,1H3/b4-3-,6-5+. The number of hydrogen-bond acceptors (Lipinski definition) is 3. The minimum atomic E-state index is 0.847. The van der Waals surface area contributed by atoms with Crippen molar-refractivity contribution in [3.63, 3.8) is 0 Å². The zero-order valence-corrected chi connectivity index (χ0v) is 5.59. The molecule has 0 saturated heterocycles. The lowest BCUT2D eigenvalue weighted by Gasteiger charge is -1.99. The summed E-state index contributed by atoms with van der Waals surface area (Å²) >= 11 is 0. The fraction of sp³-hybridized carbons (Fsp3) is 0.333. The van der Waals surface area contributed by atoms with Gasteiger partial charge in [0.15, 0.2) is 0 Å². The molecule has 0 radical (unpaired) electrons. The van der Waals surface area contributed by atoms with Crippen molar-refractivity contribution in [1.29, 1.82) is 0 Å². The van der Waals surface area contributed by atoms with Crippen LogP contribution >= 0.6 is 0 Å². The molecule has 5 N–H and O–H groups in total. The molecule has 0 saturated carbocycles. The van der Waals surface area contributed by atoms with E-state index in [0.717, 1.165) is 12.2 Å². The second-order valence-corrected chi connectivity index (χ2v) is 1.51. The Morgan fingerprint density at radius 2 is 2.22 bits per heavy atom. The average Bonchev–Trinajstić information content (AvgIpc) is 1.88. The molecular weight excluding hydrogens is 114 g/mol. The molecule has 0 heterocycles. The average molecular weight is 127 g/mol. The molecule has 0 fully saturated rings. The van der Waals surface area contributed by atoms with Gasteiger partial charge in [0.25, 0.3) is 0 Å². The van der Waals surface area contributed by atoms with Gasteiger partial charge >= 0.3 is 0 Å². The van der Waals surface area contributed by atoms with Gasteiger partial charge in [-0.3, -0.25) is 0 Å². The third-order valence-electron chi connectivity index (χ3n) is 0.836. The summed E-state index contributed by atoms with van der Waals surface area (Å²) in [6.45, 7) is 2.85. The van der Waals surface area contributed by atoms with Gasteiger partial charge in [-0.2, -0.15) is 0 Å². The lowest BCUT2D eigenvalue weighted by molar-refractivity contribution is 0.874. The first-order valence-electron chi connectivity index (χ1n) is 2.89. The van der Waals surface area contributed by atoms with Crippen molar-refractivity contribution in [3.8, 4) is 0 Å². The Hall–Kier alpha value is -1.12. The first-order chi connectivity index (χ1) is 4.35. The third kappa shape index (κ3) is 3.46. The van der Waals surface area contributed by atoms with Crippen molar-refractivity contribution >= 4 is 0 Å². The SMILES string of the molecule is CCNC(/C=C\N)=C/N. The number of allylic oxidation sites excluding steroid dienone is 1. The number of nitrogens with two attached hydrogens (primary N) is 2. The van der Waals surface area contributed by atoms with Crippen molar-refractivity contribution in [2.75, 3.05) is 6.54 Å². The normalized spacial score (nSPS) is 12.3. The van der Waals surface area contributed by atoms with Gasteiger partial charge in [-0.05, 0) is 19.2 Å². The van der Waals surface area contributed by atoms with Gasteiger partial charge in [0, 0.05) is 12.7 Å². The third-order valence-corrected chi connectivity index (χ3v) is 0.836. The van der Waals surface area contributed by atoms with Crippen molar-refractivity contribution in [1.82, 2.24) is 5.32 Å². The number of nitrogens with one attached hydrogen (secondary N) is 1. The summed E-state index contributed by atoms with van der Waals surface area (Å²) in [6.07, 6.45) is 4.64. The molecule has 0 aromatic rings. The van der Waals surface area contributed by atoms with Gasteiger partial charge in [-0.25, -0.2) is 0 Å². The summed E-state index contributed by atoms with van der Waals surface area (Å²) in [5, 5.41) is 3.00. The molecular formula is C6H13N3. The van der Waals surface area contributed by atoms with Gasteiger partial charge < -0.3 is 16.8 Å². The lowest BCUT2D eigenvalue weighted by atomic mass is 10.4. The molecule has 0 aromatic carbocycles. The predicted molar refractivity (Wildman–Crippen MR) is 39.3 cm³/mol. The molecule has 3 heteroatoms. The highest BCUT2D eigenvalue weighted by Crippen LogP contribution is 1.84. The molecule has 0 rings (SSSR count). The van der Waals surface area contributed by atoms with Crippen LogP contribution in [0, 0.1) is 0 Å². The minimum Gasteiger partial charge on any atom is -0.405 e. The van der Waals surface area contributed by atoms with E-state index in [-0.39, 0.29) is 0 Å². The van der Waals surface area contributed by atoms with Gasteiger partial charge in [-0.15, -0.1) is 0 Å². The Balaban J connectivity index is 3.70. The van der Waals surface area contributed by atoms with Crippen molar-refractivity contribution in [3.05, 3.63) is 24.2 Å². The number of rotatable bonds is 3. The number of hydrogen-bond donors (Lipinski definition) is 3. The van der Waals surface area contributed by atoms with Crippen LogP contribution in [0.2, 0.25) is 0 Å². The molecule has 0 aliphatic rings. The molecule has 0 bridgehead atoms. The van der Waals surface area contributed by atoms with Crippen LogP contribution in [0.4, 0.5) is 0 Å². The Morgan fingerprint density at radius 3 is 2.56 bits per heavy atom. The van der Waals surface area contributed by atoms with Crippen LogP contribution in [0.1, 0.15) is 6.92 Å². The van der Waals surface area contributed by atoms with E-state index < -0.39 is 0 Å². The molecule has 0 atom stereocenters. The first-order valence-corrected chi connectivity index (χ1v) is 2.89. The smallest absolute Gasteiger partial charge is 0.0512 e. The maximum Gasteiger partial charge on any atom is 0.0512 e. The van der Waals surface area contributed by atoms with E-state index in [0.29, 0.717) is 0 Å². The largest absolute Gasteiger partial charge is 0.405 e. The first kappa shape index (κ1) is 7.88. The van der Waals surface area contributed by atoms with E-state index in [4.69, 9.17) is 11.5 Å². The highest BCUT2D eigenvalue weighted by atomic mass is 14.9. The van der Waals surface area contributed by atoms with Crippen LogP contribution in [0.3, 0.4) is 0 Å². The van der Waals surface area contributed by atoms with Crippen LogP contribution < -0.4 is 16.8 Å². The molecule has 0 spiro atoms. The van der Waals surface area contributed by atoms with E-state index in [9.17, 15) is 0 Å². The van der Waals surface area contributed by atoms with Gasteiger partial charge in [-0.1, -0.05) is 0 Å². The summed E-state index contributed by atoms with van der Waals surface area (Å²) in [4.78, 5) is 0. The Bertz CT molecular complexity index is 115. The Morgan fingerprint density at radius 1 is 1.56 bits per heavy atom. The molecule has 0 aliphatic heterocycles. The van der Waals surface area contributed by atoms with E-state index in [1.54, 1.807) is 6.08 Å². The van der Waals surface area contributed by atoms with Gasteiger partial charge in [0.05, 0.1) is 5.70 Å². The maximum absolute atomic E-state index is 5.21. The van der Waals surface area contributed by atoms with E-state index in [2.05, 4.69) is 5.32 Å². The Labute approximate surface area is 55.4 Å². The topological polar surface area (TPSA) is 64.1 Å². The fourth-order valence-corrected chi connectivity index (χ4v) is 0.481. The van der Waals surface area contributed by atoms with Gasteiger partial charge in [0.2, 0.25) is 0 Å². The van der Waals surface area contributed by atoms with Crippen molar-refractivity contribution in [2.24, 2.45) is 11.5 Å². The number of likely N-dealkylation sites (N-methyl/N-ethyl adjacent to an activating group) is 1. The van der Waals surface area contributed by atoms with E-state index in [1.807, 2.05) is 6.92 Å². The molecule has 0 amide bonds. The summed E-state index contributed by atoms with van der Waals surface area (Å²) in [6, 6.07) is 0. The van der Waals surface area contributed by atoms with Crippen LogP contribution in [-0.2, 0) is 0 Å². The van der Waals surface area contributed by atoms with Crippen molar-refractivity contribution in [2.45, 2.75) is 6.92 Å². The predicted octanol–water partition coefficient (Wildman–Crippen LogP) is -0.132. The zero-order valence-electron chi connectivity index (χ0n) is 5.59. The van der Waals surface area contributed by atoms with E-state index in [1.165, 1.54) is 12.4 Å². The highest BCUT2D eigenvalue weighted by Gasteiger charge is 1.82. The van der Waals surface area contributed by atoms with E-state index >= 15 is 0 Å². The van der Waals surface area contributed by atoms with Gasteiger partial charge in [0.1, 0.15) is 0 Å². The summed E-state index contributed by atoms with van der Waals surface area (Å²) < 4.78 is 0. The van der Waals surface area contributed by atoms with Crippen LogP contribution in [0.15, 0.2) is 24.2 Å². The highest BCUT2D eigenvalue weighted by molar-refractivity contribution is 5.13. The van der Waals surface area contributed by atoms with Crippen LogP contribution in [0.25, 0.3) is 0 Å². The molecule has 3 nitrogen and oxygen atoms in total. The van der Waals surface area contributed by atoms with Crippen LogP contribution in [-0.4, -0.2) is 6.54 Å². The molecule has 0 unspecified atom stereocenters. The molecule has 0 aromatic heterocycles. The molecule has 0 aliphatic carbocycles. The monoisotopic (exact) mass is 127 g/mol. The second-order valence-electron chi connectivity index (χ2n) is 1.51. The summed E-state index contributed by atoms with van der Waals surface area (Å²) in [5.41, 5.74) is 11.2. The summed E-state index contributed by atoms with van der Waals surface area (Å²) in [7, 11) is 0. The second kappa shape index (κ2) is 5.03. The van der Waals surface area contributed by atoms with Crippen LogP contribution in [0.5, 0.6) is 0 Å². The summed E-state index contributed by atoms with van der Waals surface area (Å²) in [5.74, 6) is 0. The minimum absolute atomic E-state index is 0.847.